The summed E-state index contributed by atoms with van der Waals surface area (Å²) in [6.07, 6.45) is 0. The smallest absolute Gasteiger partial charge is 0.187 e. The number of nitrogens with two attached hydrogens (primary N) is 1. The Morgan fingerprint density at radius 2 is 2.00 bits per heavy atom. The lowest BCUT2D eigenvalue weighted by molar-refractivity contribution is 0.791. The first-order valence-electron chi connectivity index (χ1n) is 6.16. The molecule has 0 spiro atoms. The van der Waals surface area contributed by atoms with Gasteiger partial charge in [-0.15, -0.1) is 5.10 Å². The van der Waals surface area contributed by atoms with Crippen LogP contribution in [0.15, 0.2) is 40.9 Å². The van der Waals surface area contributed by atoms with Crippen molar-refractivity contribution in [2.45, 2.75) is 6.92 Å². The van der Waals surface area contributed by atoms with Gasteiger partial charge in [-0.2, -0.15) is 4.68 Å². The quantitative estimate of drug-likeness (QED) is 0.705. The monoisotopic (exact) mass is 363 g/mol. The topological polar surface area (TPSA) is 69.6 Å². The van der Waals surface area contributed by atoms with E-state index in [0.29, 0.717) is 16.5 Å². The van der Waals surface area contributed by atoms with Crippen LogP contribution >= 0.6 is 27.5 Å². The highest BCUT2D eigenvalue weighted by Gasteiger charge is 2.14. The predicted molar refractivity (Wildman–Crippen MR) is 86.4 cm³/mol. The minimum Gasteiger partial charge on any atom is -0.399 e. The van der Waals surface area contributed by atoms with Gasteiger partial charge >= 0.3 is 0 Å². The van der Waals surface area contributed by atoms with Crippen molar-refractivity contribution in [3.8, 4) is 17.1 Å². The van der Waals surface area contributed by atoms with E-state index in [1.165, 1.54) is 0 Å². The SMILES string of the molecule is Cc1ccc(N)cc1-c1nnnn1-c1ccc(Cl)c(Br)c1. The van der Waals surface area contributed by atoms with Gasteiger partial charge in [0.05, 0.1) is 10.7 Å². The van der Waals surface area contributed by atoms with Gasteiger partial charge in [0.15, 0.2) is 5.82 Å². The van der Waals surface area contributed by atoms with Gasteiger partial charge in [-0.05, 0) is 69.2 Å². The van der Waals surface area contributed by atoms with Gasteiger partial charge < -0.3 is 5.73 Å². The van der Waals surface area contributed by atoms with E-state index < -0.39 is 0 Å². The molecule has 106 valence electrons. The second-order valence-corrected chi connectivity index (χ2v) is 5.85. The number of halogens is 2. The van der Waals surface area contributed by atoms with Crippen molar-refractivity contribution in [1.82, 2.24) is 20.2 Å². The zero-order chi connectivity index (χ0) is 15.0. The van der Waals surface area contributed by atoms with E-state index in [0.717, 1.165) is 21.3 Å². The maximum Gasteiger partial charge on any atom is 0.187 e. The van der Waals surface area contributed by atoms with Crippen molar-refractivity contribution in [2.24, 2.45) is 0 Å². The molecule has 3 aromatic rings. The molecular weight excluding hydrogens is 354 g/mol. The summed E-state index contributed by atoms with van der Waals surface area (Å²) in [5, 5.41) is 12.6. The number of aromatic nitrogens is 4. The predicted octanol–water partition coefficient (Wildman–Crippen LogP) is 3.64. The van der Waals surface area contributed by atoms with Crippen LogP contribution in [0.5, 0.6) is 0 Å². The van der Waals surface area contributed by atoms with Crippen LogP contribution in [0, 0.1) is 6.92 Å². The van der Waals surface area contributed by atoms with Crippen molar-refractivity contribution in [3.05, 3.63) is 51.5 Å². The maximum atomic E-state index is 6.02. The fourth-order valence-electron chi connectivity index (χ4n) is 2.03. The number of hydrogen-bond donors (Lipinski definition) is 1. The number of nitrogen functional groups attached to an aromatic ring is 1. The number of nitrogens with zero attached hydrogens (tertiary/aromatic N) is 4. The molecule has 0 saturated carbocycles. The molecule has 1 heterocycles. The molecule has 0 saturated heterocycles. The minimum absolute atomic E-state index is 0.633. The van der Waals surface area contributed by atoms with E-state index in [1.807, 2.05) is 37.3 Å². The molecule has 0 amide bonds. The van der Waals surface area contributed by atoms with E-state index >= 15 is 0 Å². The Kier molecular flexibility index (Phi) is 3.65. The standard InChI is InChI=1S/C14H11BrClN5/c1-8-2-3-9(17)6-11(8)14-18-19-20-21(14)10-4-5-13(16)12(15)7-10/h2-7H,17H2,1H3. The number of benzene rings is 2. The molecule has 2 N–H and O–H groups in total. The van der Waals surface area contributed by atoms with Gasteiger partial charge in [-0.1, -0.05) is 17.7 Å². The maximum absolute atomic E-state index is 6.02. The molecule has 2 aromatic carbocycles. The highest BCUT2D eigenvalue weighted by atomic mass is 79.9. The second-order valence-electron chi connectivity index (χ2n) is 4.59. The Balaban J connectivity index is 2.17. The fraction of sp³-hybridized carbons (Fsp3) is 0.0714. The zero-order valence-corrected chi connectivity index (χ0v) is 13.4. The van der Waals surface area contributed by atoms with Gasteiger partial charge in [0.2, 0.25) is 0 Å². The third kappa shape index (κ3) is 2.64. The normalized spacial score (nSPS) is 10.8. The summed E-state index contributed by atoms with van der Waals surface area (Å²) in [7, 11) is 0. The van der Waals surface area contributed by atoms with Crippen LogP contribution in [-0.4, -0.2) is 20.2 Å². The van der Waals surface area contributed by atoms with Crippen molar-refractivity contribution in [3.63, 3.8) is 0 Å². The number of tetrazole rings is 1. The number of rotatable bonds is 2. The summed E-state index contributed by atoms with van der Waals surface area (Å²) in [6.45, 7) is 1.99. The summed E-state index contributed by atoms with van der Waals surface area (Å²) in [6, 6.07) is 11.2. The zero-order valence-electron chi connectivity index (χ0n) is 11.1. The molecule has 7 heteroatoms. The van der Waals surface area contributed by atoms with Crippen LogP contribution in [0.3, 0.4) is 0 Å². The molecule has 0 atom stereocenters. The lowest BCUT2D eigenvalue weighted by Gasteiger charge is -2.08. The van der Waals surface area contributed by atoms with Crippen molar-refractivity contribution < 1.29 is 0 Å². The average molecular weight is 365 g/mol. The first kappa shape index (κ1) is 14.0. The van der Waals surface area contributed by atoms with E-state index in [1.54, 1.807) is 10.7 Å². The van der Waals surface area contributed by atoms with Gasteiger partial charge in [-0.25, -0.2) is 0 Å². The van der Waals surface area contributed by atoms with Crippen LogP contribution < -0.4 is 5.73 Å². The Hall–Kier alpha value is -1.92. The third-order valence-electron chi connectivity index (χ3n) is 3.12. The Bertz CT molecular complexity index is 815. The molecule has 0 bridgehead atoms. The average Bonchev–Trinajstić information content (AvgIpc) is 2.93. The third-order valence-corrected chi connectivity index (χ3v) is 4.33. The van der Waals surface area contributed by atoms with Gasteiger partial charge in [0, 0.05) is 15.7 Å². The molecule has 0 aliphatic carbocycles. The largest absolute Gasteiger partial charge is 0.399 e. The fourth-order valence-corrected chi connectivity index (χ4v) is 2.51. The summed E-state index contributed by atoms with van der Waals surface area (Å²) in [5.74, 6) is 0.633. The lowest BCUT2D eigenvalue weighted by atomic mass is 10.1. The van der Waals surface area contributed by atoms with Crippen molar-refractivity contribution in [2.75, 3.05) is 5.73 Å². The van der Waals surface area contributed by atoms with E-state index in [-0.39, 0.29) is 0 Å². The van der Waals surface area contributed by atoms with E-state index in [4.69, 9.17) is 17.3 Å². The van der Waals surface area contributed by atoms with Crippen LogP contribution in [0.1, 0.15) is 5.56 Å². The number of anilines is 1. The highest BCUT2D eigenvalue weighted by Crippen LogP contribution is 2.28. The van der Waals surface area contributed by atoms with Gasteiger partial charge in [-0.3, -0.25) is 0 Å². The second kappa shape index (κ2) is 5.46. The summed E-state index contributed by atoms with van der Waals surface area (Å²) < 4.78 is 2.44. The summed E-state index contributed by atoms with van der Waals surface area (Å²) in [5.41, 5.74) is 9.29. The number of hydrogen-bond acceptors (Lipinski definition) is 4. The first-order chi connectivity index (χ1) is 10.1. The lowest BCUT2D eigenvalue weighted by Crippen LogP contribution is -2.01. The molecule has 5 nitrogen and oxygen atoms in total. The van der Waals surface area contributed by atoms with Crippen molar-refractivity contribution in [1.29, 1.82) is 0 Å². The van der Waals surface area contributed by atoms with Crippen LogP contribution in [0.25, 0.3) is 17.1 Å². The van der Waals surface area contributed by atoms with Gasteiger partial charge in [0.25, 0.3) is 0 Å². The van der Waals surface area contributed by atoms with E-state index in [2.05, 4.69) is 31.5 Å². The molecule has 3 rings (SSSR count). The van der Waals surface area contributed by atoms with Crippen molar-refractivity contribution >= 4 is 33.2 Å². The van der Waals surface area contributed by atoms with E-state index in [9.17, 15) is 0 Å². The molecule has 21 heavy (non-hydrogen) atoms. The molecule has 0 fully saturated rings. The van der Waals surface area contributed by atoms with Crippen LogP contribution in [-0.2, 0) is 0 Å². The molecular formula is C14H11BrClN5. The highest BCUT2D eigenvalue weighted by molar-refractivity contribution is 9.10. The first-order valence-corrected chi connectivity index (χ1v) is 7.33. The summed E-state index contributed by atoms with van der Waals surface area (Å²) >= 11 is 9.43. The van der Waals surface area contributed by atoms with Crippen LogP contribution in [0.2, 0.25) is 5.02 Å². The minimum atomic E-state index is 0.633. The molecule has 0 aliphatic heterocycles. The Labute approximate surface area is 134 Å². The van der Waals surface area contributed by atoms with Gasteiger partial charge in [0.1, 0.15) is 0 Å². The molecule has 0 radical (unpaired) electrons. The summed E-state index contributed by atoms with van der Waals surface area (Å²) in [4.78, 5) is 0. The number of aryl methyl sites for hydroxylation is 1. The molecule has 0 aliphatic rings. The molecule has 1 aromatic heterocycles. The Morgan fingerprint density at radius 1 is 1.19 bits per heavy atom. The molecule has 0 unspecified atom stereocenters. The van der Waals surface area contributed by atoms with Crippen LogP contribution in [0.4, 0.5) is 5.69 Å². The Morgan fingerprint density at radius 3 is 2.76 bits per heavy atom.